The number of nitrogens with one attached hydrogen (secondary N) is 2. The number of ether oxygens (including phenoxy) is 1. The maximum absolute atomic E-state index is 12.6. The Morgan fingerprint density at radius 3 is 2.42 bits per heavy atom. The molecule has 0 atom stereocenters. The van der Waals surface area contributed by atoms with Crippen molar-refractivity contribution in [1.82, 2.24) is 9.97 Å². The Balaban J connectivity index is 2.07. The summed E-state index contributed by atoms with van der Waals surface area (Å²) in [7, 11) is 1.62. The second-order valence-corrected chi connectivity index (χ2v) is 4.96. The number of halogens is 3. The van der Waals surface area contributed by atoms with Crippen molar-refractivity contribution in [1.29, 1.82) is 0 Å². The smallest absolute Gasteiger partial charge is 0.393 e. The van der Waals surface area contributed by atoms with Gasteiger partial charge in [-0.2, -0.15) is 13.2 Å². The van der Waals surface area contributed by atoms with E-state index in [1.807, 2.05) is 0 Å². The lowest BCUT2D eigenvalue weighted by atomic mass is 10.2. The van der Waals surface area contributed by atoms with E-state index in [1.54, 1.807) is 7.11 Å². The van der Waals surface area contributed by atoms with Crippen LogP contribution in [0.4, 0.5) is 36.2 Å². The molecule has 0 aliphatic rings. The Labute approximate surface area is 137 Å². The number of benzene rings is 1. The predicted molar refractivity (Wildman–Crippen MR) is 86.2 cm³/mol. The van der Waals surface area contributed by atoms with E-state index in [0.29, 0.717) is 30.5 Å². The molecule has 1 aromatic heterocycles. The van der Waals surface area contributed by atoms with Crippen LogP contribution in [0.2, 0.25) is 0 Å². The van der Waals surface area contributed by atoms with Gasteiger partial charge in [0.2, 0.25) is 0 Å². The van der Waals surface area contributed by atoms with E-state index in [2.05, 4.69) is 20.6 Å². The normalized spacial score (nSPS) is 11.3. The molecule has 0 unspecified atom stereocenters. The summed E-state index contributed by atoms with van der Waals surface area (Å²) < 4.78 is 42.6. The van der Waals surface area contributed by atoms with Gasteiger partial charge in [0.25, 0.3) is 0 Å². The second kappa shape index (κ2) is 7.82. The van der Waals surface area contributed by atoms with Crippen LogP contribution in [-0.4, -0.2) is 30.2 Å². The highest BCUT2D eigenvalue weighted by molar-refractivity contribution is 5.77. The minimum atomic E-state index is -4.37. The molecule has 0 bridgehead atoms. The van der Waals surface area contributed by atoms with Gasteiger partial charge in [0, 0.05) is 25.9 Å². The van der Waals surface area contributed by atoms with Crippen molar-refractivity contribution >= 4 is 23.0 Å². The van der Waals surface area contributed by atoms with E-state index in [0.717, 1.165) is 18.6 Å². The van der Waals surface area contributed by atoms with Crippen LogP contribution < -0.4 is 16.4 Å². The van der Waals surface area contributed by atoms with Gasteiger partial charge < -0.3 is 21.1 Å². The minimum absolute atomic E-state index is 0.287. The average Bonchev–Trinajstić information content (AvgIpc) is 2.54. The molecule has 0 saturated heterocycles. The average molecular weight is 341 g/mol. The third kappa shape index (κ3) is 4.72. The topological polar surface area (TPSA) is 85.1 Å². The summed E-state index contributed by atoms with van der Waals surface area (Å²) in [4.78, 5) is 8.06. The number of anilines is 4. The Bertz CT molecular complexity index is 661. The zero-order valence-corrected chi connectivity index (χ0v) is 13.0. The van der Waals surface area contributed by atoms with E-state index in [1.165, 1.54) is 18.5 Å². The summed E-state index contributed by atoms with van der Waals surface area (Å²) in [6.07, 6.45) is -2.27. The fraction of sp³-hybridized carbons (Fsp3) is 0.333. The van der Waals surface area contributed by atoms with Gasteiger partial charge in [-0.3, -0.25) is 0 Å². The SMILES string of the molecule is COCCCNc1ncnc(Nc2ccc(C(F)(F)F)cc2)c1N. The van der Waals surface area contributed by atoms with Crippen molar-refractivity contribution in [3.63, 3.8) is 0 Å². The van der Waals surface area contributed by atoms with Crippen molar-refractivity contribution in [2.75, 3.05) is 36.6 Å². The Kier molecular flexibility index (Phi) is 5.80. The molecule has 1 aromatic carbocycles. The number of hydrogen-bond acceptors (Lipinski definition) is 6. The Morgan fingerprint density at radius 2 is 1.79 bits per heavy atom. The van der Waals surface area contributed by atoms with Crippen LogP contribution in [0, 0.1) is 0 Å². The molecule has 9 heteroatoms. The second-order valence-electron chi connectivity index (χ2n) is 4.96. The molecule has 2 aromatic rings. The van der Waals surface area contributed by atoms with Crippen LogP contribution in [0.15, 0.2) is 30.6 Å². The van der Waals surface area contributed by atoms with Gasteiger partial charge in [-0.1, -0.05) is 0 Å². The number of alkyl halides is 3. The van der Waals surface area contributed by atoms with Gasteiger partial charge in [-0.15, -0.1) is 0 Å². The summed E-state index contributed by atoms with van der Waals surface area (Å²) in [6.45, 7) is 1.23. The van der Waals surface area contributed by atoms with Crippen molar-refractivity contribution in [2.45, 2.75) is 12.6 Å². The third-order valence-corrected chi connectivity index (χ3v) is 3.18. The van der Waals surface area contributed by atoms with Crippen LogP contribution in [0.3, 0.4) is 0 Å². The first-order valence-corrected chi connectivity index (χ1v) is 7.19. The first-order valence-electron chi connectivity index (χ1n) is 7.19. The van der Waals surface area contributed by atoms with Gasteiger partial charge in [0.1, 0.15) is 12.0 Å². The Morgan fingerprint density at radius 1 is 1.12 bits per heavy atom. The molecular weight excluding hydrogens is 323 g/mol. The molecule has 1 heterocycles. The number of hydrogen-bond donors (Lipinski definition) is 3. The molecule has 4 N–H and O–H groups in total. The summed E-state index contributed by atoms with van der Waals surface area (Å²) in [5, 5.41) is 5.94. The largest absolute Gasteiger partial charge is 0.416 e. The number of aromatic nitrogens is 2. The maximum Gasteiger partial charge on any atom is 0.416 e. The number of nitrogens with two attached hydrogens (primary N) is 1. The molecule has 0 radical (unpaired) electrons. The number of nitrogen functional groups attached to an aromatic ring is 1. The standard InChI is InChI=1S/C15H18F3N5O/c1-24-8-2-7-20-13-12(19)14(22-9-21-13)23-11-5-3-10(4-6-11)15(16,17)18/h3-6,9H,2,7-8,19H2,1H3,(H2,20,21,22,23). The van der Waals surface area contributed by atoms with Crippen LogP contribution in [0.25, 0.3) is 0 Å². The van der Waals surface area contributed by atoms with E-state index < -0.39 is 11.7 Å². The lowest BCUT2D eigenvalue weighted by Gasteiger charge is -2.13. The van der Waals surface area contributed by atoms with E-state index >= 15 is 0 Å². The quantitative estimate of drug-likeness (QED) is 0.670. The van der Waals surface area contributed by atoms with Crippen molar-refractivity contribution < 1.29 is 17.9 Å². The van der Waals surface area contributed by atoms with Crippen LogP contribution in [0.1, 0.15) is 12.0 Å². The van der Waals surface area contributed by atoms with Gasteiger partial charge in [-0.05, 0) is 30.7 Å². The molecular formula is C15H18F3N5O. The lowest BCUT2D eigenvalue weighted by Crippen LogP contribution is -2.10. The number of rotatable bonds is 7. The van der Waals surface area contributed by atoms with Crippen molar-refractivity contribution in [3.8, 4) is 0 Å². The van der Waals surface area contributed by atoms with E-state index in [4.69, 9.17) is 10.5 Å². The van der Waals surface area contributed by atoms with Crippen molar-refractivity contribution in [3.05, 3.63) is 36.2 Å². The van der Waals surface area contributed by atoms with Gasteiger partial charge in [0.05, 0.1) is 5.56 Å². The highest BCUT2D eigenvalue weighted by Crippen LogP contribution is 2.31. The molecule has 0 fully saturated rings. The summed E-state index contributed by atoms with van der Waals surface area (Å²) >= 11 is 0. The predicted octanol–water partition coefficient (Wildman–Crippen LogP) is 3.27. The first kappa shape index (κ1) is 17.8. The highest BCUT2D eigenvalue weighted by Gasteiger charge is 2.29. The van der Waals surface area contributed by atoms with Gasteiger partial charge >= 0.3 is 6.18 Å². The van der Waals surface area contributed by atoms with Gasteiger partial charge in [0.15, 0.2) is 11.6 Å². The zero-order valence-electron chi connectivity index (χ0n) is 13.0. The van der Waals surface area contributed by atoms with Crippen LogP contribution in [0.5, 0.6) is 0 Å². The van der Waals surface area contributed by atoms with E-state index in [9.17, 15) is 13.2 Å². The molecule has 0 saturated carbocycles. The molecule has 0 amide bonds. The monoisotopic (exact) mass is 341 g/mol. The fourth-order valence-electron chi connectivity index (χ4n) is 1.94. The first-order chi connectivity index (χ1) is 11.4. The van der Waals surface area contributed by atoms with Crippen LogP contribution >= 0.6 is 0 Å². The highest BCUT2D eigenvalue weighted by atomic mass is 19.4. The summed E-state index contributed by atoms with van der Waals surface area (Å²) in [6, 6.07) is 4.61. The van der Waals surface area contributed by atoms with Gasteiger partial charge in [-0.25, -0.2) is 9.97 Å². The maximum atomic E-state index is 12.6. The molecule has 24 heavy (non-hydrogen) atoms. The Hall–Kier alpha value is -2.55. The molecule has 0 aliphatic heterocycles. The van der Waals surface area contributed by atoms with Crippen molar-refractivity contribution in [2.24, 2.45) is 0 Å². The molecule has 0 aliphatic carbocycles. The van der Waals surface area contributed by atoms with E-state index in [-0.39, 0.29) is 5.69 Å². The number of methoxy groups -OCH3 is 1. The van der Waals surface area contributed by atoms with Crippen LogP contribution in [-0.2, 0) is 10.9 Å². The fourth-order valence-corrected chi connectivity index (χ4v) is 1.94. The molecule has 0 spiro atoms. The molecule has 6 nitrogen and oxygen atoms in total. The third-order valence-electron chi connectivity index (χ3n) is 3.18. The zero-order chi connectivity index (χ0) is 17.6. The molecule has 130 valence electrons. The molecule has 2 rings (SSSR count). The minimum Gasteiger partial charge on any atom is -0.393 e. The number of nitrogens with zero attached hydrogens (tertiary/aromatic N) is 2. The summed E-state index contributed by atoms with van der Waals surface area (Å²) in [5.41, 5.74) is 6.00. The summed E-state index contributed by atoms with van der Waals surface area (Å²) in [5.74, 6) is 0.773. The lowest BCUT2D eigenvalue weighted by molar-refractivity contribution is -0.137.